The Morgan fingerprint density at radius 3 is 2.48 bits per heavy atom. The zero-order chi connectivity index (χ0) is 22.8. The smallest absolute Gasteiger partial charge is 0.234 e. The van der Waals surface area contributed by atoms with Crippen LogP contribution < -0.4 is 10.2 Å². The Balaban J connectivity index is 1.38. The van der Waals surface area contributed by atoms with E-state index in [9.17, 15) is 4.79 Å². The van der Waals surface area contributed by atoms with Gasteiger partial charge in [0.15, 0.2) is 0 Å². The maximum atomic E-state index is 12.8. The molecule has 0 spiro atoms. The quantitative estimate of drug-likeness (QED) is 0.317. The van der Waals surface area contributed by atoms with Crippen LogP contribution in [0.4, 0.5) is 11.6 Å². The van der Waals surface area contributed by atoms with E-state index in [1.54, 1.807) is 0 Å². The van der Waals surface area contributed by atoms with Crippen molar-refractivity contribution in [3.05, 3.63) is 89.0 Å². The van der Waals surface area contributed by atoms with Crippen molar-refractivity contribution in [1.29, 1.82) is 0 Å². The van der Waals surface area contributed by atoms with Crippen LogP contribution in [0, 0.1) is 13.8 Å². The van der Waals surface area contributed by atoms with E-state index in [4.69, 9.17) is 9.97 Å². The first-order valence-electron chi connectivity index (χ1n) is 11.2. The average Bonchev–Trinajstić information content (AvgIpc) is 2.84. The van der Waals surface area contributed by atoms with Crippen LogP contribution in [0.25, 0.3) is 10.9 Å². The molecule has 0 saturated heterocycles. The molecular formula is C27H26N4OS. The summed E-state index contributed by atoms with van der Waals surface area (Å²) >= 11 is 1.46. The van der Waals surface area contributed by atoms with Gasteiger partial charge < -0.3 is 10.2 Å². The van der Waals surface area contributed by atoms with Crippen molar-refractivity contribution in [3.63, 3.8) is 0 Å². The van der Waals surface area contributed by atoms with Gasteiger partial charge in [0.05, 0.1) is 11.3 Å². The number of carbonyl (C=O) groups is 1. The van der Waals surface area contributed by atoms with Crippen LogP contribution in [0.5, 0.6) is 0 Å². The molecule has 33 heavy (non-hydrogen) atoms. The molecule has 1 N–H and O–H groups in total. The molecule has 0 saturated carbocycles. The molecule has 0 atom stereocenters. The van der Waals surface area contributed by atoms with Gasteiger partial charge in [0, 0.05) is 24.2 Å². The third kappa shape index (κ3) is 4.57. The third-order valence-electron chi connectivity index (χ3n) is 6.06. The Hall–Kier alpha value is -3.38. The summed E-state index contributed by atoms with van der Waals surface area (Å²) in [7, 11) is 0. The molecule has 0 radical (unpaired) electrons. The van der Waals surface area contributed by atoms with E-state index in [1.165, 1.54) is 22.9 Å². The van der Waals surface area contributed by atoms with Crippen molar-refractivity contribution in [2.45, 2.75) is 31.8 Å². The number of carbonyl (C=O) groups excluding carboxylic acids is 1. The Labute approximate surface area is 198 Å². The number of thioether (sulfide) groups is 1. The van der Waals surface area contributed by atoms with E-state index in [0.717, 1.165) is 58.2 Å². The number of anilines is 2. The molecule has 3 aromatic carbocycles. The summed E-state index contributed by atoms with van der Waals surface area (Å²) in [6.07, 6.45) is 0.979. The fourth-order valence-electron chi connectivity index (χ4n) is 4.27. The van der Waals surface area contributed by atoms with Crippen LogP contribution in [-0.2, 0) is 17.8 Å². The maximum absolute atomic E-state index is 12.8. The summed E-state index contributed by atoms with van der Waals surface area (Å²) in [5.74, 6) is 0.978. The molecule has 0 unspecified atom stereocenters. The van der Waals surface area contributed by atoms with Crippen LogP contribution >= 0.6 is 11.8 Å². The number of rotatable bonds is 5. The largest absolute Gasteiger partial charge is 0.336 e. The normalized spacial score (nSPS) is 13.1. The van der Waals surface area contributed by atoms with E-state index in [2.05, 4.69) is 34.5 Å². The van der Waals surface area contributed by atoms with Gasteiger partial charge in [0.1, 0.15) is 5.03 Å². The van der Waals surface area contributed by atoms with Crippen LogP contribution in [0.1, 0.15) is 22.3 Å². The van der Waals surface area contributed by atoms with Crippen molar-refractivity contribution in [1.82, 2.24) is 9.97 Å². The van der Waals surface area contributed by atoms with E-state index in [0.29, 0.717) is 0 Å². The van der Waals surface area contributed by atoms with E-state index < -0.39 is 0 Å². The maximum Gasteiger partial charge on any atom is 0.234 e. The van der Waals surface area contributed by atoms with Gasteiger partial charge in [-0.1, -0.05) is 72.4 Å². The molecule has 0 aliphatic carbocycles. The van der Waals surface area contributed by atoms with Gasteiger partial charge in [-0.25, -0.2) is 9.97 Å². The Morgan fingerprint density at radius 1 is 0.939 bits per heavy atom. The molecule has 1 aliphatic rings. The second-order valence-corrected chi connectivity index (χ2v) is 9.35. The Bertz CT molecular complexity index is 1320. The predicted octanol–water partition coefficient (Wildman–Crippen LogP) is 5.54. The first-order valence-corrected chi connectivity index (χ1v) is 12.1. The number of hydrogen-bond acceptors (Lipinski definition) is 5. The lowest BCUT2D eigenvalue weighted by atomic mass is 10.0. The molecule has 1 aliphatic heterocycles. The molecule has 2 heterocycles. The zero-order valence-electron chi connectivity index (χ0n) is 18.8. The molecule has 0 bridgehead atoms. The number of amides is 1. The predicted molar refractivity (Wildman–Crippen MR) is 136 cm³/mol. The Morgan fingerprint density at radius 2 is 1.67 bits per heavy atom. The summed E-state index contributed by atoms with van der Waals surface area (Å²) in [5.41, 5.74) is 6.64. The highest BCUT2D eigenvalue weighted by molar-refractivity contribution is 8.00. The van der Waals surface area contributed by atoms with Gasteiger partial charge in [-0.3, -0.25) is 4.79 Å². The van der Waals surface area contributed by atoms with Gasteiger partial charge in [-0.05, 0) is 48.6 Å². The highest BCUT2D eigenvalue weighted by Gasteiger charge is 2.20. The van der Waals surface area contributed by atoms with Crippen molar-refractivity contribution in [2.75, 3.05) is 22.5 Å². The fraction of sp³-hybridized carbons (Fsp3) is 0.222. The third-order valence-corrected chi connectivity index (χ3v) is 7.05. The average molecular weight is 455 g/mol. The van der Waals surface area contributed by atoms with E-state index >= 15 is 0 Å². The number of benzene rings is 3. The molecule has 5 nitrogen and oxygen atoms in total. The minimum atomic E-state index is -0.0338. The molecule has 0 fully saturated rings. The monoisotopic (exact) mass is 454 g/mol. The van der Waals surface area contributed by atoms with Crippen molar-refractivity contribution in [3.8, 4) is 0 Å². The van der Waals surface area contributed by atoms with Crippen molar-refractivity contribution < 1.29 is 4.79 Å². The lowest BCUT2D eigenvalue weighted by Crippen LogP contribution is -2.31. The summed E-state index contributed by atoms with van der Waals surface area (Å²) in [6.45, 7) is 5.70. The van der Waals surface area contributed by atoms with E-state index in [1.807, 2.05) is 56.3 Å². The second-order valence-electron chi connectivity index (χ2n) is 8.39. The van der Waals surface area contributed by atoms with Gasteiger partial charge in [-0.2, -0.15) is 0 Å². The van der Waals surface area contributed by atoms with Crippen molar-refractivity contribution >= 4 is 40.2 Å². The Kier molecular flexibility index (Phi) is 6.01. The lowest BCUT2D eigenvalue weighted by molar-refractivity contribution is -0.113. The number of para-hydroxylation sites is 2. The standard InChI is InChI=1S/C27H26N4OS/c1-18-8-7-9-19(2)25(18)29-24(32)17-33-26-22-12-5-6-13-23(22)28-27(30-26)31-15-14-20-10-3-4-11-21(20)16-31/h3-13H,14-17H2,1-2H3,(H,29,32). The molecule has 166 valence electrons. The van der Waals surface area contributed by atoms with Gasteiger partial charge >= 0.3 is 0 Å². The summed E-state index contributed by atoms with van der Waals surface area (Å²) < 4.78 is 0. The topological polar surface area (TPSA) is 58.1 Å². The molecule has 1 aromatic heterocycles. The van der Waals surface area contributed by atoms with Crippen LogP contribution in [-0.4, -0.2) is 28.2 Å². The van der Waals surface area contributed by atoms with Crippen LogP contribution in [0.15, 0.2) is 71.8 Å². The molecule has 1 amide bonds. The molecular weight excluding hydrogens is 428 g/mol. The lowest BCUT2D eigenvalue weighted by Gasteiger charge is -2.29. The summed E-state index contributed by atoms with van der Waals surface area (Å²) in [5, 5.41) is 4.89. The number of nitrogens with zero attached hydrogens (tertiary/aromatic N) is 3. The number of aryl methyl sites for hydroxylation is 2. The van der Waals surface area contributed by atoms with Crippen molar-refractivity contribution in [2.24, 2.45) is 0 Å². The minimum absolute atomic E-state index is 0.0338. The zero-order valence-corrected chi connectivity index (χ0v) is 19.7. The molecule has 6 heteroatoms. The minimum Gasteiger partial charge on any atom is -0.336 e. The van der Waals surface area contributed by atoms with Gasteiger partial charge in [0.25, 0.3) is 0 Å². The second kappa shape index (κ2) is 9.24. The summed E-state index contributed by atoms with van der Waals surface area (Å²) in [6, 6.07) is 22.6. The fourth-order valence-corrected chi connectivity index (χ4v) is 5.09. The first-order chi connectivity index (χ1) is 16.1. The molecule has 5 rings (SSSR count). The highest BCUT2D eigenvalue weighted by atomic mass is 32.2. The highest BCUT2D eigenvalue weighted by Crippen LogP contribution is 2.30. The van der Waals surface area contributed by atoms with Crippen LogP contribution in [0.2, 0.25) is 0 Å². The van der Waals surface area contributed by atoms with Gasteiger partial charge in [0.2, 0.25) is 11.9 Å². The first kappa shape index (κ1) is 21.5. The number of nitrogens with one attached hydrogen (secondary N) is 1. The van der Waals surface area contributed by atoms with E-state index in [-0.39, 0.29) is 11.7 Å². The van der Waals surface area contributed by atoms with Gasteiger partial charge in [-0.15, -0.1) is 0 Å². The molecule has 4 aromatic rings. The summed E-state index contributed by atoms with van der Waals surface area (Å²) in [4.78, 5) is 24.8. The van der Waals surface area contributed by atoms with Crippen LogP contribution in [0.3, 0.4) is 0 Å². The number of fused-ring (bicyclic) bond motifs is 2. The SMILES string of the molecule is Cc1cccc(C)c1NC(=O)CSc1nc(N2CCc3ccccc3C2)nc2ccccc12. The number of hydrogen-bond donors (Lipinski definition) is 1. The number of aromatic nitrogens is 2.